The molecule has 0 aliphatic carbocycles. The minimum Gasteiger partial charge on any atom is -0.492 e. The van der Waals surface area contributed by atoms with Crippen LogP contribution in [-0.2, 0) is 0 Å². The van der Waals surface area contributed by atoms with Crippen LogP contribution in [0.25, 0.3) is 0 Å². The molecule has 4 rings (SSSR count). The maximum atomic E-state index is 14.1. The van der Waals surface area contributed by atoms with Gasteiger partial charge in [0.15, 0.2) is 23.3 Å². The maximum absolute atomic E-state index is 14.1. The lowest BCUT2D eigenvalue weighted by Crippen LogP contribution is -2.47. The van der Waals surface area contributed by atoms with Crippen molar-refractivity contribution in [2.75, 3.05) is 47.9 Å². The number of halogens is 6. The summed E-state index contributed by atoms with van der Waals surface area (Å²) in [5.74, 6) is -9.65. The molecule has 0 unspecified atom stereocenters. The first-order chi connectivity index (χ1) is 17.2. The second-order valence-electron chi connectivity index (χ2n) is 7.97. The van der Waals surface area contributed by atoms with Gasteiger partial charge in [-0.3, -0.25) is 4.79 Å². The number of hydrogen-bond acceptors (Lipinski definition) is 4. The van der Waals surface area contributed by atoms with E-state index in [0.29, 0.717) is 28.6 Å². The van der Waals surface area contributed by atoms with Crippen LogP contribution in [0.2, 0.25) is 5.02 Å². The van der Waals surface area contributed by atoms with Crippen LogP contribution in [-0.4, -0.2) is 38.7 Å². The second-order valence-corrected chi connectivity index (χ2v) is 8.38. The van der Waals surface area contributed by atoms with E-state index in [9.17, 15) is 26.7 Å². The molecule has 1 heterocycles. The van der Waals surface area contributed by atoms with Crippen molar-refractivity contribution in [2.24, 2.45) is 0 Å². The SMILES string of the molecule is CCOc1ccc(C(=O)Nc2ccc(N3CCN(c4c(F)c(F)c(F)c(F)c4F)CC3)cc2)cc1Cl. The topological polar surface area (TPSA) is 44.8 Å². The summed E-state index contributed by atoms with van der Waals surface area (Å²) < 4.78 is 74.1. The first-order valence-electron chi connectivity index (χ1n) is 11.1. The number of nitrogens with one attached hydrogen (secondary N) is 1. The average molecular weight is 526 g/mol. The number of amides is 1. The highest BCUT2D eigenvalue weighted by Crippen LogP contribution is 2.32. The van der Waals surface area contributed by atoms with Crippen molar-refractivity contribution in [1.29, 1.82) is 0 Å². The van der Waals surface area contributed by atoms with Crippen LogP contribution in [0.1, 0.15) is 17.3 Å². The Bertz CT molecular complexity index is 1250. The predicted molar refractivity (Wildman–Crippen MR) is 128 cm³/mol. The summed E-state index contributed by atoms with van der Waals surface area (Å²) in [7, 11) is 0. The fourth-order valence-electron chi connectivity index (χ4n) is 3.93. The molecule has 1 saturated heterocycles. The largest absolute Gasteiger partial charge is 0.492 e. The molecule has 0 saturated carbocycles. The van der Waals surface area contributed by atoms with Crippen molar-refractivity contribution in [1.82, 2.24) is 0 Å². The summed E-state index contributed by atoms with van der Waals surface area (Å²) in [5.41, 5.74) is 0.748. The van der Waals surface area contributed by atoms with Gasteiger partial charge in [0.05, 0.1) is 11.6 Å². The molecule has 3 aromatic carbocycles. The van der Waals surface area contributed by atoms with Gasteiger partial charge in [0.25, 0.3) is 5.91 Å². The number of rotatable bonds is 6. The lowest BCUT2D eigenvalue weighted by Gasteiger charge is -2.37. The van der Waals surface area contributed by atoms with E-state index in [0.717, 1.165) is 10.6 Å². The van der Waals surface area contributed by atoms with Crippen LogP contribution in [0, 0.1) is 29.1 Å². The zero-order valence-electron chi connectivity index (χ0n) is 19.1. The molecule has 1 amide bonds. The van der Waals surface area contributed by atoms with Gasteiger partial charge in [0, 0.05) is 43.1 Å². The summed E-state index contributed by atoms with van der Waals surface area (Å²) in [4.78, 5) is 15.6. The highest BCUT2D eigenvalue weighted by molar-refractivity contribution is 6.32. The van der Waals surface area contributed by atoms with Crippen molar-refractivity contribution in [2.45, 2.75) is 6.92 Å². The summed E-state index contributed by atoms with van der Waals surface area (Å²) in [6.07, 6.45) is 0. The highest BCUT2D eigenvalue weighted by Gasteiger charge is 2.30. The minimum atomic E-state index is -2.18. The van der Waals surface area contributed by atoms with Gasteiger partial charge >= 0.3 is 0 Å². The zero-order valence-corrected chi connectivity index (χ0v) is 19.8. The van der Waals surface area contributed by atoms with Gasteiger partial charge < -0.3 is 19.9 Å². The van der Waals surface area contributed by atoms with Crippen LogP contribution in [0.3, 0.4) is 0 Å². The van der Waals surface area contributed by atoms with E-state index in [1.165, 1.54) is 6.07 Å². The average Bonchev–Trinajstić information content (AvgIpc) is 2.88. The van der Waals surface area contributed by atoms with Crippen LogP contribution in [0.15, 0.2) is 42.5 Å². The quantitative estimate of drug-likeness (QED) is 0.243. The van der Waals surface area contributed by atoms with E-state index in [1.807, 2.05) is 11.8 Å². The van der Waals surface area contributed by atoms with Crippen LogP contribution >= 0.6 is 11.6 Å². The third-order valence-corrected chi connectivity index (χ3v) is 6.06. The standard InChI is InChI=1S/C25H21ClF5N3O2/c1-2-36-18-8-3-14(13-17(18)26)25(35)32-15-4-6-16(7-5-15)33-9-11-34(12-10-33)24-22(30)20(28)19(27)21(29)23(24)31/h3-8,13H,2,9-12H2,1H3,(H,32,35). The molecule has 36 heavy (non-hydrogen) atoms. The molecule has 0 radical (unpaired) electrons. The van der Waals surface area contributed by atoms with Gasteiger partial charge in [-0.15, -0.1) is 0 Å². The van der Waals surface area contributed by atoms with Crippen molar-refractivity contribution >= 4 is 34.6 Å². The second kappa shape index (κ2) is 10.6. The Morgan fingerprint density at radius 1 is 0.861 bits per heavy atom. The molecule has 0 aromatic heterocycles. The Morgan fingerprint density at radius 2 is 1.42 bits per heavy atom. The van der Waals surface area contributed by atoms with Crippen LogP contribution in [0.4, 0.5) is 39.0 Å². The van der Waals surface area contributed by atoms with Crippen LogP contribution < -0.4 is 19.9 Å². The Kier molecular flexibility index (Phi) is 7.53. The minimum absolute atomic E-state index is 0.0509. The van der Waals surface area contributed by atoms with E-state index in [2.05, 4.69) is 5.32 Å². The van der Waals surface area contributed by atoms with Gasteiger partial charge in [-0.2, -0.15) is 0 Å². The fourth-order valence-corrected chi connectivity index (χ4v) is 4.17. The number of ether oxygens (including phenoxy) is 1. The Balaban J connectivity index is 1.39. The molecule has 190 valence electrons. The van der Waals surface area contributed by atoms with E-state index in [1.54, 1.807) is 36.4 Å². The normalized spacial score (nSPS) is 13.6. The van der Waals surface area contributed by atoms with E-state index < -0.39 is 34.8 Å². The molecule has 1 aliphatic heterocycles. The first-order valence-corrected chi connectivity index (χ1v) is 11.4. The van der Waals surface area contributed by atoms with Crippen molar-refractivity contribution in [3.63, 3.8) is 0 Å². The van der Waals surface area contributed by atoms with Crippen molar-refractivity contribution < 1.29 is 31.5 Å². The summed E-state index contributed by atoms with van der Waals surface area (Å²) in [5, 5.41) is 3.10. The summed E-state index contributed by atoms with van der Waals surface area (Å²) >= 11 is 6.14. The summed E-state index contributed by atoms with van der Waals surface area (Å²) in [6, 6.07) is 11.6. The summed E-state index contributed by atoms with van der Waals surface area (Å²) in [6.45, 7) is 2.95. The number of carbonyl (C=O) groups is 1. The van der Waals surface area contributed by atoms with Gasteiger partial charge in [0.2, 0.25) is 5.82 Å². The number of anilines is 3. The zero-order chi connectivity index (χ0) is 26.0. The molecule has 1 aliphatic rings. The Morgan fingerprint density at radius 3 is 1.97 bits per heavy atom. The monoisotopic (exact) mass is 525 g/mol. The molecular weight excluding hydrogens is 505 g/mol. The van der Waals surface area contributed by atoms with E-state index in [4.69, 9.17) is 16.3 Å². The molecule has 3 aromatic rings. The van der Waals surface area contributed by atoms with E-state index in [-0.39, 0.29) is 32.1 Å². The fraction of sp³-hybridized carbons (Fsp3) is 0.240. The van der Waals surface area contributed by atoms with Crippen molar-refractivity contribution in [3.8, 4) is 5.75 Å². The first kappa shape index (κ1) is 25.6. The maximum Gasteiger partial charge on any atom is 0.255 e. The van der Waals surface area contributed by atoms with Gasteiger partial charge in [-0.1, -0.05) is 11.6 Å². The third kappa shape index (κ3) is 5.04. The number of piperazine rings is 1. The highest BCUT2D eigenvalue weighted by atomic mass is 35.5. The molecule has 11 heteroatoms. The Hall–Kier alpha value is -3.53. The lowest BCUT2D eigenvalue weighted by atomic mass is 10.1. The molecule has 1 fully saturated rings. The predicted octanol–water partition coefficient (Wildman–Crippen LogP) is 6.01. The Labute approximate surface area is 209 Å². The number of nitrogens with zero attached hydrogens (tertiary/aromatic N) is 2. The smallest absolute Gasteiger partial charge is 0.255 e. The van der Waals surface area contributed by atoms with Gasteiger partial charge in [-0.05, 0) is 49.4 Å². The molecule has 1 N–H and O–H groups in total. The van der Waals surface area contributed by atoms with Gasteiger partial charge in [0.1, 0.15) is 11.4 Å². The molecule has 0 spiro atoms. The molecule has 0 atom stereocenters. The third-order valence-electron chi connectivity index (χ3n) is 5.77. The number of carbonyl (C=O) groups excluding carboxylic acids is 1. The lowest BCUT2D eigenvalue weighted by molar-refractivity contribution is 0.102. The van der Waals surface area contributed by atoms with Crippen molar-refractivity contribution in [3.05, 3.63) is 82.1 Å². The molecule has 0 bridgehead atoms. The molecular formula is C25H21ClF5N3O2. The van der Waals surface area contributed by atoms with E-state index >= 15 is 0 Å². The number of hydrogen-bond donors (Lipinski definition) is 1. The number of benzene rings is 3. The van der Waals surface area contributed by atoms with Crippen LogP contribution in [0.5, 0.6) is 5.75 Å². The molecule has 5 nitrogen and oxygen atoms in total. The van der Waals surface area contributed by atoms with Gasteiger partial charge in [-0.25, -0.2) is 22.0 Å².